The van der Waals surface area contributed by atoms with Crippen LogP contribution < -0.4 is 30.1 Å². The monoisotopic (exact) mass is 420 g/mol. The third-order valence-corrected chi connectivity index (χ3v) is 3.71. The first-order valence-electron chi connectivity index (χ1n) is 6.11. The summed E-state index contributed by atoms with van der Waals surface area (Å²) >= 11 is 0. The second-order valence-electron chi connectivity index (χ2n) is 4.95. The summed E-state index contributed by atoms with van der Waals surface area (Å²) in [5.74, 6) is -0.0625. The van der Waals surface area contributed by atoms with Crippen molar-refractivity contribution in [1.82, 2.24) is 5.32 Å². The van der Waals surface area contributed by atoms with Gasteiger partial charge in [0.2, 0.25) is 0 Å². The maximum Gasteiger partial charge on any atom is 2.00 e. The Bertz CT molecular complexity index is 561. The number of rotatable bonds is 2. The van der Waals surface area contributed by atoms with Crippen molar-refractivity contribution in [2.45, 2.75) is 33.2 Å². The van der Waals surface area contributed by atoms with Crippen LogP contribution in [0.25, 0.3) is 0 Å². The van der Waals surface area contributed by atoms with Crippen LogP contribution in [-0.4, -0.2) is 22.4 Å². The maximum absolute atomic E-state index is 12.2. The first-order valence-corrected chi connectivity index (χ1v) is 6.11. The van der Waals surface area contributed by atoms with Gasteiger partial charge in [-0.05, 0) is 28.6 Å². The van der Waals surface area contributed by atoms with E-state index in [-0.39, 0.29) is 78.3 Å². The maximum atomic E-state index is 12.2. The Morgan fingerprint density at radius 2 is 1.50 bits per heavy atom. The number of allylic oxidation sites excluding steroid dienone is 2. The second kappa shape index (κ2) is 13.9. The third-order valence-electron chi connectivity index (χ3n) is 3.71. The average molecular weight is 421 g/mol. The van der Waals surface area contributed by atoms with E-state index in [0.717, 1.165) is 11.1 Å². The van der Waals surface area contributed by atoms with Gasteiger partial charge in [-0.2, -0.15) is 5.57 Å². The Balaban J connectivity index is -0.000000201. The largest absolute Gasteiger partial charge is 2.00 e. The van der Waals surface area contributed by atoms with Gasteiger partial charge in [0.1, 0.15) is 0 Å². The molecule has 1 amide bonds. The zero-order valence-electron chi connectivity index (χ0n) is 14.6. The van der Waals surface area contributed by atoms with Crippen LogP contribution in [0.4, 0.5) is 0 Å². The Kier molecular flexibility index (Phi) is 20.2. The molecule has 0 saturated heterocycles. The van der Waals surface area contributed by atoms with Crippen molar-refractivity contribution in [2.24, 2.45) is 0 Å². The van der Waals surface area contributed by atoms with Gasteiger partial charge in [0.25, 0.3) is 5.91 Å². The summed E-state index contributed by atoms with van der Waals surface area (Å²) in [4.78, 5) is 12.2. The summed E-state index contributed by atoms with van der Waals surface area (Å²) in [6.45, 7) is 8.13. The molecule has 2 nitrogen and oxygen atoms in total. The van der Waals surface area contributed by atoms with E-state index in [1.54, 1.807) is 0 Å². The fourth-order valence-corrected chi connectivity index (χ4v) is 2.23. The summed E-state index contributed by atoms with van der Waals surface area (Å²) in [5, 5.41) is 3.05. The van der Waals surface area contributed by atoms with Crippen molar-refractivity contribution in [3.63, 3.8) is 0 Å². The fourth-order valence-electron chi connectivity index (χ4n) is 2.23. The van der Waals surface area contributed by atoms with Gasteiger partial charge in [0.15, 0.2) is 0 Å². The standard InChI is InChI=1S/C16H18NO.2CH3.2ClH.H4Si.Ti/c1-11-10-16(4,13(3)12(11)2)17-15(18)14-8-6-5-7-9-14;;;;;;/h5-9H,1-4H3,(H,17,18);2*1H3;2*1H;1H4;/q3*-1;;;;+2/p-2. The van der Waals surface area contributed by atoms with Crippen molar-refractivity contribution in [3.8, 4) is 0 Å². The van der Waals surface area contributed by atoms with Crippen LogP contribution >= 0.6 is 0 Å². The molecule has 0 saturated carbocycles. The Morgan fingerprint density at radius 3 is 1.88 bits per heavy atom. The molecule has 6 heteroatoms. The minimum atomic E-state index is -0.485. The summed E-state index contributed by atoms with van der Waals surface area (Å²) in [6, 6.07) is 9.26. The molecular formula is C18H28Cl2NOSiTi-3. The van der Waals surface area contributed by atoms with E-state index < -0.39 is 5.54 Å². The second-order valence-corrected chi connectivity index (χ2v) is 4.95. The van der Waals surface area contributed by atoms with Crippen LogP contribution in [0.15, 0.2) is 47.1 Å². The van der Waals surface area contributed by atoms with Crippen LogP contribution in [-0.2, 0) is 21.7 Å². The molecular weight excluding hydrogens is 393 g/mol. The van der Waals surface area contributed by atoms with Crippen LogP contribution in [0.5, 0.6) is 0 Å². The number of carbonyl (C=O) groups is 1. The van der Waals surface area contributed by atoms with E-state index in [1.807, 2.05) is 51.1 Å². The minimum Gasteiger partial charge on any atom is -1.00 e. The van der Waals surface area contributed by atoms with Crippen molar-refractivity contribution in [1.29, 1.82) is 0 Å². The topological polar surface area (TPSA) is 29.1 Å². The van der Waals surface area contributed by atoms with Crippen molar-refractivity contribution >= 4 is 16.9 Å². The zero-order valence-corrected chi connectivity index (χ0v) is 17.6. The molecule has 1 aromatic carbocycles. The van der Waals surface area contributed by atoms with E-state index >= 15 is 0 Å². The Hall–Kier alpha value is -0.319. The molecule has 0 aromatic heterocycles. The quantitative estimate of drug-likeness (QED) is 0.394. The van der Waals surface area contributed by atoms with E-state index in [0.29, 0.717) is 5.56 Å². The number of amides is 1. The number of benzene rings is 1. The van der Waals surface area contributed by atoms with Gasteiger partial charge in [-0.3, -0.25) is 4.79 Å². The van der Waals surface area contributed by atoms with E-state index in [4.69, 9.17) is 0 Å². The van der Waals surface area contributed by atoms with Crippen molar-refractivity contribution < 1.29 is 51.3 Å². The molecule has 1 aromatic rings. The smallest absolute Gasteiger partial charge is 1.00 e. The van der Waals surface area contributed by atoms with E-state index in [9.17, 15) is 4.79 Å². The van der Waals surface area contributed by atoms with Gasteiger partial charge in [-0.1, -0.05) is 39.0 Å². The molecule has 0 bridgehead atoms. The van der Waals surface area contributed by atoms with E-state index in [1.165, 1.54) is 5.57 Å². The van der Waals surface area contributed by atoms with Gasteiger partial charge in [-0.25, -0.2) is 11.6 Å². The van der Waals surface area contributed by atoms with Gasteiger partial charge in [0, 0.05) is 5.56 Å². The Labute approximate surface area is 179 Å². The van der Waals surface area contributed by atoms with Crippen molar-refractivity contribution in [3.05, 3.63) is 73.5 Å². The summed E-state index contributed by atoms with van der Waals surface area (Å²) in [5.41, 5.74) is 3.68. The average Bonchev–Trinajstić information content (AvgIpc) is 2.54. The number of hydrogen-bond acceptors (Lipinski definition) is 1. The molecule has 1 aliphatic rings. The summed E-state index contributed by atoms with van der Waals surface area (Å²) in [6.07, 6.45) is 3.34. The molecule has 2 rings (SSSR count). The molecule has 1 aliphatic carbocycles. The number of nitrogens with one attached hydrogen (secondary N) is 1. The van der Waals surface area contributed by atoms with Crippen LogP contribution in [0.3, 0.4) is 0 Å². The van der Waals surface area contributed by atoms with Crippen molar-refractivity contribution in [2.75, 3.05) is 0 Å². The predicted molar refractivity (Wildman–Crippen MR) is 97.3 cm³/mol. The summed E-state index contributed by atoms with van der Waals surface area (Å²) < 4.78 is 0. The van der Waals surface area contributed by atoms with Gasteiger partial charge < -0.3 is 45.0 Å². The van der Waals surface area contributed by atoms with Gasteiger partial charge in [-0.15, -0.1) is 12.5 Å². The zero-order chi connectivity index (χ0) is 13.3. The van der Waals surface area contributed by atoms with Crippen LogP contribution in [0.1, 0.15) is 38.1 Å². The van der Waals surface area contributed by atoms with Gasteiger partial charge in [0.05, 0.1) is 0 Å². The van der Waals surface area contributed by atoms with E-state index in [2.05, 4.69) is 18.3 Å². The molecule has 0 heterocycles. The SMILES string of the molecule is CC1=[C-]C(C)(NC(=O)c2ccccc2)C(C)=C1C.[CH3-].[CH3-].[Cl-].[Cl-].[SiH4].[Ti+2]. The number of carbonyl (C=O) groups excluding carboxylic acids is 1. The molecule has 136 valence electrons. The molecule has 0 spiro atoms. The molecule has 1 N–H and O–H groups in total. The molecule has 0 fully saturated rings. The Morgan fingerprint density at radius 1 is 1.04 bits per heavy atom. The van der Waals surface area contributed by atoms with Crippen LogP contribution in [0.2, 0.25) is 0 Å². The fraction of sp³-hybridized carbons (Fsp3) is 0.278. The molecule has 24 heavy (non-hydrogen) atoms. The first-order chi connectivity index (χ1) is 8.44. The number of hydrogen-bond donors (Lipinski definition) is 1. The normalized spacial score (nSPS) is 17.2. The van der Waals surface area contributed by atoms with Crippen LogP contribution in [0, 0.1) is 20.9 Å². The first kappa shape index (κ1) is 34.9. The minimum absolute atomic E-state index is 0. The molecule has 0 aliphatic heterocycles. The molecule has 0 radical (unpaired) electrons. The van der Waals surface area contributed by atoms with Gasteiger partial charge >= 0.3 is 21.7 Å². The molecule has 1 atom stereocenters. The number of halogens is 2. The predicted octanol–water partition coefficient (Wildman–Crippen LogP) is -3.27. The third kappa shape index (κ3) is 7.28. The summed E-state index contributed by atoms with van der Waals surface area (Å²) in [7, 11) is 0. The molecule has 1 unspecified atom stereocenters.